The summed E-state index contributed by atoms with van der Waals surface area (Å²) in [7, 11) is -13.4. The molecule has 0 aromatic rings. The molecule has 0 saturated heterocycles. The number of ether oxygens (including phenoxy) is 1. The molecule has 0 N–H and O–H groups in total. The van der Waals surface area contributed by atoms with Crippen LogP contribution in [0.1, 0.15) is 98.3 Å². The van der Waals surface area contributed by atoms with Crippen molar-refractivity contribution in [2.24, 2.45) is 0 Å². The van der Waals surface area contributed by atoms with Crippen LogP contribution in [0.5, 0.6) is 0 Å². The van der Waals surface area contributed by atoms with Crippen molar-refractivity contribution in [1.82, 2.24) is 0 Å². The first-order valence-corrected chi connectivity index (χ1v) is 16.6. The fourth-order valence-corrected chi connectivity index (χ4v) is 5.78. The number of sulfonamides is 2. The molecule has 0 atom stereocenters. The van der Waals surface area contributed by atoms with Gasteiger partial charge in [0.1, 0.15) is 0 Å². The Labute approximate surface area is 241 Å². The quantitative estimate of drug-likeness (QED) is 0.0450. The zero-order valence-corrected chi connectivity index (χ0v) is 26.1. The number of nitrogens with zero attached hydrogens (tertiary/aromatic N) is 2. The lowest BCUT2D eigenvalue weighted by Crippen LogP contribution is -2.50. The van der Waals surface area contributed by atoms with Crippen LogP contribution < -0.4 is 0 Å². The average molecular weight is 649 g/mol. The monoisotopic (exact) mass is 648 g/mol. The molecular weight excluding hydrogens is 602 g/mol. The molecule has 16 heteroatoms. The molecule has 0 rings (SSSR count). The summed E-state index contributed by atoms with van der Waals surface area (Å²) in [6.07, 6.45) is 14.1. The number of hydrogen-bond acceptors (Lipinski definition) is 6. The smallest absolute Gasteiger partial charge is 0.462 e. The van der Waals surface area contributed by atoms with Crippen molar-refractivity contribution in [3.05, 3.63) is 16.3 Å². The Hall–Kier alpha value is -1.39. The number of alkyl halides is 6. The molecule has 246 valence electrons. The number of hydrogen-bond donors (Lipinski definition) is 0. The van der Waals surface area contributed by atoms with Gasteiger partial charge in [0.05, 0.1) is 32.8 Å². The van der Waals surface area contributed by atoms with E-state index < -0.39 is 31.1 Å². The molecule has 0 bridgehead atoms. The second-order valence-electron chi connectivity index (χ2n) is 9.90. The van der Waals surface area contributed by atoms with E-state index in [1.54, 1.807) is 6.92 Å². The summed E-state index contributed by atoms with van der Waals surface area (Å²) in [4.78, 5) is 11.3. The van der Waals surface area contributed by atoms with Crippen molar-refractivity contribution >= 4 is 26.0 Å². The first-order chi connectivity index (χ1) is 18.7. The Morgan fingerprint density at radius 1 is 0.683 bits per heavy atom. The van der Waals surface area contributed by atoms with Gasteiger partial charge in [-0.3, -0.25) is 0 Å². The minimum absolute atomic E-state index is 0.256. The van der Waals surface area contributed by atoms with Crippen molar-refractivity contribution < 1.29 is 57.2 Å². The summed E-state index contributed by atoms with van der Waals surface area (Å²) in [5, 5.41) is 0. The molecule has 0 amide bonds. The molecule has 0 aliphatic heterocycles. The van der Waals surface area contributed by atoms with Crippen LogP contribution in [-0.2, 0) is 29.6 Å². The number of halogens is 6. The number of carbonyl (C=O) groups is 1. The Morgan fingerprint density at radius 3 is 1.44 bits per heavy atom. The van der Waals surface area contributed by atoms with Gasteiger partial charge >= 0.3 is 17.0 Å². The van der Waals surface area contributed by atoms with Crippen molar-refractivity contribution in [3.63, 3.8) is 0 Å². The molecule has 0 aliphatic carbocycles. The van der Waals surface area contributed by atoms with Crippen LogP contribution in [0.4, 0.5) is 26.3 Å². The number of carbonyl (C=O) groups excluding carboxylic acids is 1. The molecule has 0 fully saturated rings. The predicted molar refractivity (Wildman–Crippen MR) is 147 cm³/mol. The van der Waals surface area contributed by atoms with Crippen molar-refractivity contribution in [1.29, 1.82) is 0 Å². The molecular formula is C25H46F6N2O6S2. The van der Waals surface area contributed by atoms with Crippen LogP contribution >= 0.6 is 0 Å². The standard InChI is InChI=1S/C23H46NO2.C2F6NO4S2/c1-6-9-14-19-24(17-7-2,18-8-3)20-15-12-10-11-13-16-21-26-23(25)22(4)5;3-1(4,5)14(10,11)9-15(12,13)2(6,7)8/h4,6-21H2,1-3,5H3;/q+1;-1. The Morgan fingerprint density at radius 2 is 1.07 bits per heavy atom. The first-order valence-electron chi connectivity index (χ1n) is 13.8. The maximum Gasteiger partial charge on any atom is 0.480 e. The van der Waals surface area contributed by atoms with E-state index in [-0.39, 0.29) is 5.97 Å². The van der Waals surface area contributed by atoms with Gasteiger partial charge in [-0.15, -0.1) is 0 Å². The highest BCUT2D eigenvalue weighted by Crippen LogP contribution is 2.36. The molecule has 0 spiro atoms. The van der Waals surface area contributed by atoms with Crippen LogP contribution in [0.3, 0.4) is 0 Å². The molecule has 0 saturated carbocycles. The van der Waals surface area contributed by atoms with Gasteiger partial charge in [0.2, 0.25) is 0 Å². The number of unbranched alkanes of at least 4 members (excludes halogenated alkanes) is 7. The van der Waals surface area contributed by atoms with Gasteiger partial charge in [0.15, 0.2) is 20.0 Å². The minimum Gasteiger partial charge on any atom is -0.462 e. The lowest BCUT2D eigenvalue weighted by Gasteiger charge is -2.39. The summed E-state index contributed by atoms with van der Waals surface area (Å²) < 4.78 is 116. The van der Waals surface area contributed by atoms with E-state index in [9.17, 15) is 48.0 Å². The number of quaternary nitrogens is 1. The number of rotatable bonds is 20. The maximum atomic E-state index is 11.4. The van der Waals surface area contributed by atoms with Crippen LogP contribution in [0, 0.1) is 0 Å². The van der Waals surface area contributed by atoms with Gasteiger partial charge in [0.25, 0.3) is 0 Å². The predicted octanol–water partition coefficient (Wildman–Crippen LogP) is 7.33. The van der Waals surface area contributed by atoms with E-state index >= 15 is 0 Å². The second-order valence-corrected chi connectivity index (χ2v) is 13.3. The third kappa shape index (κ3) is 18.0. The van der Waals surface area contributed by atoms with E-state index in [4.69, 9.17) is 4.74 Å². The third-order valence-corrected chi connectivity index (χ3v) is 8.76. The molecule has 0 heterocycles. The minimum atomic E-state index is -6.72. The Bertz CT molecular complexity index is 920. The second kappa shape index (κ2) is 19.7. The molecule has 0 radical (unpaired) electrons. The van der Waals surface area contributed by atoms with Crippen molar-refractivity contribution in [2.75, 3.05) is 32.8 Å². The zero-order chi connectivity index (χ0) is 32.4. The largest absolute Gasteiger partial charge is 0.480 e. The summed E-state index contributed by atoms with van der Waals surface area (Å²) in [6.45, 7) is 18.2. The SMILES string of the molecule is C=C(C)C(=O)OCCCCCCCC[N+](CCC)(CCC)CCCCC.O=S(=O)([N-]S(=O)(=O)C(F)(F)F)C(F)(F)F. The fraction of sp³-hybridized carbons (Fsp3) is 0.880. The van der Waals surface area contributed by atoms with E-state index in [0.717, 1.165) is 17.0 Å². The molecule has 0 aromatic carbocycles. The van der Waals surface area contributed by atoms with Gasteiger partial charge in [0, 0.05) is 5.57 Å². The lowest BCUT2D eigenvalue weighted by molar-refractivity contribution is -0.928. The fourth-order valence-electron chi connectivity index (χ4n) is 4.07. The molecule has 0 aromatic heterocycles. The summed E-state index contributed by atoms with van der Waals surface area (Å²) >= 11 is 0. The highest BCUT2D eigenvalue weighted by Gasteiger charge is 2.46. The zero-order valence-electron chi connectivity index (χ0n) is 24.4. The summed E-state index contributed by atoms with van der Waals surface area (Å²) in [6, 6.07) is 0. The molecule has 8 nitrogen and oxygen atoms in total. The average Bonchev–Trinajstić information content (AvgIpc) is 2.81. The third-order valence-electron chi connectivity index (χ3n) is 6.02. The topological polar surface area (TPSA) is 109 Å². The summed E-state index contributed by atoms with van der Waals surface area (Å²) in [5.41, 5.74) is -11.9. The Kier molecular flexibility index (Phi) is 20.1. The van der Waals surface area contributed by atoms with Crippen LogP contribution in [-0.4, -0.2) is 71.1 Å². The van der Waals surface area contributed by atoms with Gasteiger partial charge in [-0.05, 0) is 51.9 Å². The Balaban J connectivity index is 0. The maximum absolute atomic E-state index is 11.4. The molecule has 0 unspecified atom stereocenters. The normalized spacial score (nSPS) is 12.9. The highest BCUT2D eigenvalue weighted by molar-refractivity contribution is 8.13. The highest BCUT2D eigenvalue weighted by atomic mass is 32.3. The van der Waals surface area contributed by atoms with Crippen LogP contribution in [0.15, 0.2) is 12.2 Å². The van der Waals surface area contributed by atoms with Crippen LogP contribution in [0.2, 0.25) is 0 Å². The molecule has 0 aliphatic rings. The van der Waals surface area contributed by atoms with E-state index in [2.05, 4.69) is 27.4 Å². The van der Waals surface area contributed by atoms with E-state index in [0.29, 0.717) is 12.2 Å². The van der Waals surface area contributed by atoms with Crippen molar-refractivity contribution in [2.45, 2.75) is 109 Å². The van der Waals surface area contributed by atoms with Gasteiger partial charge in [-0.2, -0.15) is 26.3 Å². The summed E-state index contributed by atoms with van der Waals surface area (Å²) in [5.74, 6) is -0.256. The van der Waals surface area contributed by atoms with Crippen molar-refractivity contribution in [3.8, 4) is 0 Å². The lowest BCUT2D eigenvalue weighted by atomic mass is 10.1. The first kappa shape index (κ1) is 41.7. The van der Waals surface area contributed by atoms with Gasteiger partial charge in [-0.1, -0.05) is 53.0 Å². The number of esters is 1. The van der Waals surface area contributed by atoms with Gasteiger partial charge in [-0.25, -0.2) is 21.6 Å². The van der Waals surface area contributed by atoms with E-state index in [1.807, 2.05) is 0 Å². The van der Waals surface area contributed by atoms with E-state index in [1.165, 1.54) is 88.4 Å². The molecule has 41 heavy (non-hydrogen) atoms. The van der Waals surface area contributed by atoms with Crippen LogP contribution in [0.25, 0.3) is 4.13 Å². The van der Waals surface area contributed by atoms with Gasteiger partial charge < -0.3 is 13.3 Å².